The first kappa shape index (κ1) is 8.94. The van der Waals surface area contributed by atoms with E-state index in [1.54, 1.807) is 0 Å². The van der Waals surface area contributed by atoms with Gasteiger partial charge >= 0.3 is 0 Å². The smallest absolute Gasteiger partial charge is 0.207 e. The fraction of sp³-hybridized carbons (Fsp3) is 0.667. The van der Waals surface area contributed by atoms with Crippen molar-refractivity contribution in [1.82, 2.24) is 5.32 Å². The van der Waals surface area contributed by atoms with E-state index in [9.17, 15) is 4.79 Å². The summed E-state index contributed by atoms with van der Waals surface area (Å²) in [5.74, 6) is 0. The van der Waals surface area contributed by atoms with Crippen LogP contribution in [0.2, 0.25) is 0 Å². The Morgan fingerprint density at radius 3 is 2.90 bits per heavy atom. The number of hydrogen-bond donors (Lipinski definition) is 1. The predicted octanol–water partition coefficient (Wildman–Crippen LogP) is 0.145. The van der Waals surface area contributed by atoms with Crippen LogP contribution >= 0.6 is 0 Å². The van der Waals surface area contributed by atoms with Crippen molar-refractivity contribution in [2.75, 3.05) is 13.7 Å². The molecule has 0 aliphatic carbocycles. The average Bonchev–Trinajstić information content (AvgIpc) is 1.98. The number of hydrogen-bond acceptors (Lipinski definition) is 3. The molecular weight excluding hydrogens is 132 g/mol. The summed E-state index contributed by atoms with van der Waals surface area (Å²) in [6.07, 6.45) is 1.43. The molecule has 1 N–H and O–H groups in total. The van der Waals surface area contributed by atoms with Gasteiger partial charge in [-0.25, -0.2) is 0 Å². The summed E-state index contributed by atoms with van der Waals surface area (Å²) >= 11 is 0. The lowest BCUT2D eigenvalue weighted by Crippen LogP contribution is -2.20. The first-order valence-corrected chi connectivity index (χ1v) is 3.11. The van der Waals surface area contributed by atoms with E-state index in [4.69, 9.17) is 0 Å². The van der Waals surface area contributed by atoms with Crippen molar-refractivity contribution in [3.63, 3.8) is 0 Å². The van der Waals surface area contributed by atoms with Gasteiger partial charge in [-0.1, -0.05) is 12.1 Å². The third kappa shape index (κ3) is 3.88. The molecule has 0 saturated heterocycles. The highest BCUT2D eigenvalue weighted by atomic mass is 16.6. The first-order valence-electron chi connectivity index (χ1n) is 3.11. The Morgan fingerprint density at radius 1 is 1.80 bits per heavy atom. The van der Waals surface area contributed by atoms with Crippen molar-refractivity contribution in [3.8, 4) is 0 Å². The second kappa shape index (κ2) is 6.07. The molecule has 0 aromatic heterocycles. The van der Waals surface area contributed by atoms with Crippen molar-refractivity contribution in [2.45, 2.75) is 13.3 Å². The number of rotatable bonds is 5. The summed E-state index contributed by atoms with van der Waals surface area (Å²) in [6, 6.07) is 0. The van der Waals surface area contributed by atoms with E-state index in [2.05, 4.69) is 15.3 Å². The maximum Gasteiger partial charge on any atom is 0.207 e. The van der Waals surface area contributed by atoms with Gasteiger partial charge in [0, 0.05) is 0 Å². The highest BCUT2D eigenvalue weighted by molar-refractivity contribution is 5.86. The van der Waals surface area contributed by atoms with Crippen LogP contribution in [0.25, 0.3) is 0 Å². The molecule has 0 rings (SSSR count). The van der Waals surface area contributed by atoms with Crippen LogP contribution in [-0.4, -0.2) is 25.8 Å². The third-order valence-corrected chi connectivity index (χ3v) is 1.02. The van der Waals surface area contributed by atoms with E-state index in [1.807, 2.05) is 6.92 Å². The van der Waals surface area contributed by atoms with Crippen molar-refractivity contribution < 1.29 is 9.63 Å². The van der Waals surface area contributed by atoms with Gasteiger partial charge in [-0.15, -0.1) is 0 Å². The molecule has 58 valence electrons. The van der Waals surface area contributed by atoms with Gasteiger partial charge in [0.1, 0.15) is 7.11 Å². The number of carbonyl (C=O) groups excluding carboxylic acids is 1. The van der Waals surface area contributed by atoms with Crippen LogP contribution in [0, 0.1) is 0 Å². The predicted molar refractivity (Wildman–Crippen MR) is 38.8 cm³/mol. The van der Waals surface area contributed by atoms with E-state index in [1.165, 1.54) is 7.11 Å². The number of nitrogens with one attached hydrogen (secondary N) is 1. The van der Waals surface area contributed by atoms with Crippen LogP contribution in [0.1, 0.15) is 13.3 Å². The SMILES string of the molecule is CC/C(CNC=O)=N/OC. The lowest BCUT2D eigenvalue weighted by Gasteiger charge is -1.99. The molecule has 0 atom stereocenters. The molecule has 4 heteroatoms. The van der Waals surface area contributed by atoms with Crippen molar-refractivity contribution in [2.24, 2.45) is 5.16 Å². The van der Waals surface area contributed by atoms with Crippen LogP contribution in [0.15, 0.2) is 5.16 Å². The summed E-state index contributed by atoms with van der Waals surface area (Å²) in [4.78, 5) is 14.3. The van der Waals surface area contributed by atoms with Gasteiger partial charge in [-0.05, 0) is 6.42 Å². The number of carbonyl (C=O) groups is 1. The van der Waals surface area contributed by atoms with Gasteiger partial charge < -0.3 is 10.2 Å². The minimum absolute atomic E-state index is 0.466. The molecule has 0 aromatic rings. The van der Waals surface area contributed by atoms with Crippen LogP contribution < -0.4 is 5.32 Å². The van der Waals surface area contributed by atoms with Crippen LogP contribution in [0.5, 0.6) is 0 Å². The molecule has 1 amide bonds. The van der Waals surface area contributed by atoms with Crippen LogP contribution in [-0.2, 0) is 9.63 Å². The molecule has 0 radical (unpaired) electrons. The van der Waals surface area contributed by atoms with Gasteiger partial charge in [-0.2, -0.15) is 0 Å². The zero-order chi connectivity index (χ0) is 7.82. The Hall–Kier alpha value is -1.06. The summed E-state index contributed by atoms with van der Waals surface area (Å²) < 4.78 is 0. The second-order valence-electron chi connectivity index (χ2n) is 1.69. The molecule has 0 aliphatic rings. The van der Waals surface area contributed by atoms with Gasteiger partial charge in [0.2, 0.25) is 6.41 Å². The lowest BCUT2D eigenvalue weighted by atomic mass is 10.3. The number of oxime groups is 1. The average molecular weight is 144 g/mol. The standard InChI is InChI=1S/C6H12N2O2/c1-3-6(8-10-2)4-7-5-9/h5H,3-4H2,1-2H3,(H,7,9)/b8-6-. The zero-order valence-corrected chi connectivity index (χ0v) is 6.26. The normalized spacial score (nSPS) is 10.8. The van der Waals surface area contributed by atoms with Crippen LogP contribution in [0.3, 0.4) is 0 Å². The van der Waals surface area contributed by atoms with Crippen molar-refractivity contribution >= 4 is 12.1 Å². The molecule has 10 heavy (non-hydrogen) atoms. The Labute approximate surface area is 60.2 Å². The highest BCUT2D eigenvalue weighted by Gasteiger charge is 1.93. The Balaban J connectivity index is 3.59. The summed E-state index contributed by atoms with van der Waals surface area (Å²) in [6.45, 7) is 2.41. The Kier molecular flexibility index (Phi) is 5.42. The molecule has 0 saturated carbocycles. The topological polar surface area (TPSA) is 50.7 Å². The lowest BCUT2D eigenvalue weighted by molar-refractivity contribution is -0.109. The minimum atomic E-state index is 0.466. The molecule has 0 aliphatic heterocycles. The summed E-state index contributed by atoms with van der Waals surface area (Å²) in [7, 11) is 1.48. The monoisotopic (exact) mass is 144 g/mol. The third-order valence-electron chi connectivity index (χ3n) is 1.02. The molecule has 0 heterocycles. The van der Waals surface area contributed by atoms with Gasteiger partial charge in [-0.3, -0.25) is 4.79 Å². The van der Waals surface area contributed by atoms with E-state index in [0.29, 0.717) is 13.0 Å². The van der Waals surface area contributed by atoms with Gasteiger partial charge in [0.25, 0.3) is 0 Å². The summed E-state index contributed by atoms with van der Waals surface area (Å²) in [5.41, 5.74) is 0.828. The quantitative estimate of drug-likeness (QED) is 0.339. The molecule has 0 fully saturated rings. The Morgan fingerprint density at radius 2 is 2.50 bits per heavy atom. The number of amides is 1. The van der Waals surface area contributed by atoms with E-state index in [-0.39, 0.29) is 0 Å². The van der Waals surface area contributed by atoms with E-state index >= 15 is 0 Å². The number of nitrogens with zero attached hydrogens (tertiary/aromatic N) is 1. The molecule has 4 nitrogen and oxygen atoms in total. The largest absolute Gasteiger partial charge is 0.399 e. The fourth-order valence-electron chi connectivity index (χ4n) is 0.510. The molecule has 0 unspecified atom stereocenters. The molecule has 0 aromatic carbocycles. The second-order valence-corrected chi connectivity index (χ2v) is 1.69. The minimum Gasteiger partial charge on any atom is -0.399 e. The Bertz CT molecular complexity index is 123. The van der Waals surface area contributed by atoms with Crippen molar-refractivity contribution in [1.29, 1.82) is 0 Å². The van der Waals surface area contributed by atoms with Gasteiger partial charge in [0.05, 0.1) is 12.3 Å². The molecular formula is C6H12N2O2. The maximum atomic E-state index is 9.82. The maximum absolute atomic E-state index is 9.82. The fourth-order valence-corrected chi connectivity index (χ4v) is 0.510. The van der Waals surface area contributed by atoms with E-state index in [0.717, 1.165) is 12.1 Å². The van der Waals surface area contributed by atoms with Crippen molar-refractivity contribution in [3.05, 3.63) is 0 Å². The first-order chi connectivity index (χ1) is 4.85. The molecule has 0 spiro atoms. The van der Waals surface area contributed by atoms with Crippen LogP contribution in [0.4, 0.5) is 0 Å². The zero-order valence-electron chi connectivity index (χ0n) is 6.26. The van der Waals surface area contributed by atoms with E-state index < -0.39 is 0 Å². The highest BCUT2D eigenvalue weighted by Crippen LogP contribution is 1.83. The van der Waals surface area contributed by atoms with Gasteiger partial charge in [0.15, 0.2) is 0 Å². The molecule has 0 bridgehead atoms. The summed E-state index contributed by atoms with van der Waals surface area (Å²) in [5, 5.41) is 6.17.